The van der Waals surface area contributed by atoms with Gasteiger partial charge in [0.1, 0.15) is 19.8 Å². The van der Waals surface area contributed by atoms with Gasteiger partial charge in [0.05, 0.1) is 6.54 Å². The molecule has 5 rings (SSSR count). The second-order valence-electron chi connectivity index (χ2n) is 8.21. The van der Waals surface area contributed by atoms with Crippen LogP contribution in [0, 0.1) is 10.7 Å². The number of anilines is 1. The van der Waals surface area contributed by atoms with Crippen molar-refractivity contribution in [1.29, 1.82) is 0 Å². The molecule has 1 fully saturated rings. The zero-order chi connectivity index (χ0) is 21.9. The van der Waals surface area contributed by atoms with E-state index in [4.69, 9.17) is 9.47 Å². The van der Waals surface area contributed by atoms with Crippen LogP contribution in [0.2, 0.25) is 0 Å². The highest BCUT2D eigenvalue weighted by molar-refractivity contribution is 5.71. The summed E-state index contributed by atoms with van der Waals surface area (Å²) in [7, 11) is 0. The number of nitroso groups, excluding NO2 is 1. The Bertz CT molecular complexity index is 1130. The van der Waals surface area contributed by atoms with Crippen molar-refractivity contribution in [3.63, 3.8) is 0 Å². The summed E-state index contributed by atoms with van der Waals surface area (Å²) < 4.78 is 27.5. The number of pyridine rings is 1. The molecule has 0 radical (unpaired) electrons. The summed E-state index contributed by atoms with van der Waals surface area (Å²) in [5, 5.41) is 6.08. The number of hydrogen-bond acceptors (Lipinski definition) is 6. The van der Waals surface area contributed by atoms with Gasteiger partial charge in [0.25, 0.3) is 0 Å². The number of rotatable bonds is 7. The van der Waals surface area contributed by atoms with Crippen LogP contribution < -0.4 is 14.8 Å². The predicted octanol–water partition coefficient (Wildman–Crippen LogP) is 5.80. The third-order valence-electron chi connectivity index (χ3n) is 6.14. The number of hydrogen-bond donors (Lipinski definition) is 1. The van der Waals surface area contributed by atoms with Gasteiger partial charge in [-0.25, -0.2) is 9.37 Å². The van der Waals surface area contributed by atoms with E-state index < -0.39 is 0 Å². The molecule has 1 aromatic heterocycles. The average Bonchev–Trinajstić information content (AvgIpc) is 2.79. The Kier molecular flexibility index (Phi) is 5.71. The van der Waals surface area contributed by atoms with Gasteiger partial charge in [-0.1, -0.05) is 48.0 Å². The number of halogens is 1. The monoisotopic (exact) mass is 433 g/mol. The molecule has 6 nitrogen and oxygen atoms in total. The molecule has 1 aliphatic carbocycles. The molecule has 2 heterocycles. The predicted molar refractivity (Wildman–Crippen MR) is 120 cm³/mol. The SMILES string of the molecule is O=NCc1ccc(COc2c(C3CCC3)ccc(-c3cnc4c(c3)OCCN4)c2F)cc1. The van der Waals surface area contributed by atoms with Gasteiger partial charge in [-0.3, -0.25) is 0 Å². The van der Waals surface area contributed by atoms with Crippen molar-refractivity contribution >= 4 is 5.82 Å². The van der Waals surface area contributed by atoms with Crippen molar-refractivity contribution in [3.05, 3.63) is 76.1 Å². The fraction of sp³-hybridized carbons (Fsp3) is 0.320. The van der Waals surface area contributed by atoms with Crippen molar-refractivity contribution in [2.24, 2.45) is 5.18 Å². The first-order valence-corrected chi connectivity index (χ1v) is 10.9. The highest BCUT2D eigenvalue weighted by Gasteiger charge is 2.27. The molecular formula is C25H24FN3O3. The Morgan fingerprint density at radius 3 is 2.72 bits per heavy atom. The number of nitrogens with one attached hydrogen (secondary N) is 1. The third kappa shape index (κ3) is 4.02. The quantitative estimate of drug-likeness (QED) is 0.477. The minimum atomic E-state index is -0.373. The van der Waals surface area contributed by atoms with E-state index in [1.165, 1.54) is 0 Å². The molecule has 0 amide bonds. The minimum Gasteiger partial charge on any atom is -0.488 e. The van der Waals surface area contributed by atoms with Gasteiger partial charge in [0, 0.05) is 22.9 Å². The van der Waals surface area contributed by atoms with E-state index in [9.17, 15) is 4.91 Å². The lowest BCUT2D eigenvalue weighted by Gasteiger charge is -2.28. The summed E-state index contributed by atoms with van der Waals surface area (Å²) in [6, 6.07) is 13.1. The van der Waals surface area contributed by atoms with Gasteiger partial charge in [0.15, 0.2) is 23.1 Å². The minimum absolute atomic E-state index is 0.137. The summed E-state index contributed by atoms with van der Waals surface area (Å²) in [6.45, 7) is 1.63. The van der Waals surface area contributed by atoms with E-state index in [0.29, 0.717) is 47.5 Å². The van der Waals surface area contributed by atoms with Crippen LogP contribution in [0.1, 0.15) is 41.9 Å². The van der Waals surface area contributed by atoms with E-state index in [-0.39, 0.29) is 19.0 Å². The van der Waals surface area contributed by atoms with Crippen molar-refractivity contribution < 1.29 is 13.9 Å². The molecule has 2 aliphatic rings. The topological polar surface area (TPSA) is 72.8 Å². The van der Waals surface area contributed by atoms with Crippen molar-refractivity contribution in [3.8, 4) is 22.6 Å². The molecule has 32 heavy (non-hydrogen) atoms. The maximum absolute atomic E-state index is 15.8. The summed E-state index contributed by atoms with van der Waals surface area (Å²) in [5.41, 5.74) is 3.76. The molecule has 3 aromatic rings. The molecule has 2 aromatic carbocycles. The lowest BCUT2D eigenvalue weighted by molar-refractivity contribution is 0.278. The van der Waals surface area contributed by atoms with Gasteiger partial charge < -0.3 is 14.8 Å². The van der Waals surface area contributed by atoms with Crippen molar-refractivity contribution in [2.75, 3.05) is 18.5 Å². The number of benzene rings is 2. The maximum Gasteiger partial charge on any atom is 0.173 e. The van der Waals surface area contributed by atoms with Gasteiger partial charge in [-0.15, -0.1) is 0 Å². The largest absolute Gasteiger partial charge is 0.488 e. The zero-order valence-corrected chi connectivity index (χ0v) is 17.6. The molecule has 7 heteroatoms. The first-order valence-electron chi connectivity index (χ1n) is 10.9. The summed E-state index contributed by atoms with van der Waals surface area (Å²) in [6.07, 6.45) is 4.90. The number of fused-ring (bicyclic) bond motifs is 1. The van der Waals surface area contributed by atoms with Crippen LogP contribution in [0.5, 0.6) is 11.5 Å². The molecule has 1 aliphatic heterocycles. The molecule has 164 valence electrons. The smallest absolute Gasteiger partial charge is 0.173 e. The van der Waals surface area contributed by atoms with Crippen LogP contribution in [0.25, 0.3) is 11.1 Å². The Labute approximate surface area is 185 Å². The molecule has 0 saturated heterocycles. The summed E-state index contributed by atoms with van der Waals surface area (Å²) in [5.74, 6) is 1.56. The van der Waals surface area contributed by atoms with Crippen LogP contribution >= 0.6 is 0 Å². The fourth-order valence-electron chi connectivity index (χ4n) is 4.12. The molecule has 0 spiro atoms. The molecule has 0 unspecified atom stereocenters. The number of ether oxygens (including phenoxy) is 2. The number of aromatic nitrogens is 1. The van der Waals surface area contributed by atoms with E-state index in [1.807, 2.05) is 42.5 Å². The molecule has 1 N–H and O–H groups in total. The van der Waals surface area contributed by atoms with Gasteiger partial charge >= 0.3 is 0 Å². The van der Waals surface area contributed by atoms with E-state index >= 15 is 4.39 Å². The first-order chi connectivity index (χ1) is 15.7. The van der Waals surface area contributed by atoms with E-state index in [1.54, 1.807) is 6.20 Å². The normalized spacial score (nSPS) is 15.2. The van der Waals surface area contributed by atoms with Crippen molar-refractivity contribution in [2.45, 2.75) is 38.3 Å². The lowest BCUT2D eigenvalue weighted by atomic mass is 9.79. The average molecular weight is 433 g/mol. The zero-order valence-electron chi connectivity index (χ0n) is 17.6. The Morgan fingerprint density at radius 2 is 1.97 bits per heavy atom. The molecule has 1 saturated carbocycles. The third-order valence-corrected chi connectivity index (χ3v) is 6.14. The second kappa shape index (κ2) is 8.94. The van der Waals surface area contributed by atoms with Gasteiger partial charge in [0.2, 0.25) is 0 Å². The van der Waals surface area contributed by atoms with Crippen LogP contribution in [-0.4, -0.2) is 18.1 Å². The summed E-state index contributed by atoms with van der Waals surface area (Å²) in [4.78, 5) is 14.8. The standard InChI is InChI=1S/C25H24FN3O3/c26-23-20(19-12-22-25(28-14-19)27-10-11-31-22)8-9-21(18-2-1-3-18)24(23)32-15-17-6-4-16(5-7-17)13-29-30/h4-9,12,14,18H,1-3,10-11,13,15H2,(H,27,28). The fourth-order valence-corrected chi connectivity index (χ4v) is 4.12. The Hall–Kier alpha value is -3.48. The Balaban J connectivity index is 1.45. The summed E-state index contributed by atoms with van der Waals surface area (Å²) >= 11 is 0. The maximum atomic E-state index is 15.8. The van der Waals surface area contributed by atoms with Crippen LogP contribution in [0.15, 0.2) is 53.8 Å². The van der Waals surface area contributed by atoms with Gasteiger partial charge in [-0.2, -0.15) is 4.91 Å². The van der Waals surface area contributed by atoms with E-state index in [0.717, 1.165) is 36.0 Å². The molecular weight excluding hydrogens is 409 g/mol. The van der Waals surface area contributed by atoms with Crippen LogP contribution in [-0.2, 0) is 13.2 Å². The highest BCUT2D eigenvalue weighted by atomic mass is 19.1. The Morgan fingerprint density at radius 1 is 1.16 bits per heavy atom. The molecule has 0 atom stereocenters. The second-order valence-corrected chi connectivity index (χ2v) is 8.21. The lowest BCUT2D eigenvalue weighted by Crippen LogP contribution is -2.19. The highest BCUT2D eigenvalue weighted by Crippen LogP contribution is 2.44. The van der Waals surface area contributed by atoms with Crippen molar-refractivity contribution in [1.82, 2.24) is 4.98 Å². The van der Waals surface area contributed by atoms with E-state index in [2.05, 4.69) is 15.5 Å². The van der Waals surface area contributed by atoms with Crippen LogP contribution in [0.4, 0.5) is 10.2 Å². The van der Waals surface area contributed by atoms with Gasteiger partial charge in [-0.05, 0) is 36.0 Å². The molecule has 0 bridgehead atoms. The number of nitrogens with zero attached hydrogens (tertiary/aromatic N) is 2. The van der Waals surface area contributed by atoms with Crippen LogP contribution in [0.3, 0.4) is 0 Å². The first kappa shape index (κ1) is 20.4.